The zero-order valence-electron chi connectivity index (χ0n) is 9.91. The monoisotopic (exact) mass is 235 g/mol. The smallest absolute Gasteiger partial charge is 0.308 e. The number of aromatic nitrogens is 2. The van der Waals surface area contributed by atoms with Crippen LogP contribution in [-0.4, -0.2) is 44.9 Å². The maximum absolute atomic E-state index is 11.3. The second-order valence-electron chi connectivity index (χ2n) is 5.18. The average Bonchev–Trinajstić information content (AvgIpc) is 2.88. The fourth-order valence-corrected chi connectivity index (χ4v) is 2.79. The number of carboxylic acid groups (broad SMARTS) is 1. The lowest BCUT2D eigenvalue weighted by molar-refractivity contribution is -0.141. The largest absolute Gasteiger partial charge is 0.481 e. The fourth-order valence-electron chi connectivity index (χ4n) is 2.79. The van der Waals surface area contributed by atoms with Gasteiger partial charge in [-0.05, 0) is 18.4 Å². The highest BCUT2D eigenvalue weighted by atomic mass is 16.4. The van der Waals surface area contributed by atoms with Crippen LogP contribution in [0.5, 0.6) is 0 Å². The Morgan fingerprint density at radius 2 is 2.24 bits per heavy atom. The van der Waals surface area contributed by atoms with E-state index in [1.54, 1.807) is 10.9 Å². The van der Waals surface area contributed by atoms with Gasteiger partial charge >= 0.3 is 5.97 Å². The van der Waals surface area contributed by atoms with Gasteiger partial charge in [0.15, 0.2) is 0 Å². The molecular weight excluding hydrogens is 218 g/mol. The van der Waals surface area contributed by atoms with E-state index in [1.165, 1.54) is 12.8 Å². The maximum atomic E-state index is 11.3. The van der Waals surface area contributed by atoms with E-state index < -0.39 is 5.97 Å². The minimum atomic E-state index is -0.679. The van der Waals surface area contributed by atoms with Gasteiger partial charge in [0.1, 0.15) is 0 Å². The van der Waals surface area contributed by atoms with Crippen molar-refractivity contribution >= 4 is 5.97 Å². The molecule has 1 saturated carbocycles. The molecule has 0 unspecified atom stereocenters. The molecule has 17 heavy (non-hydrogen) atoms. The van der Waals surface area contributed by atoms with Gasteiger partial charge in [-0.25, -0.2) is 0 Å². The standard InChI is InChI=1S/C12H17N3O2/c1-14-5-8(4-13-14)10-6-15(9-2-3-9)7-11(10)12(16)17/h4-5,9-11H,2-3,6-7H2,1H3,(H,16,17)/t10-,11+/m0/s1. The van der Waals surface area contributed by atoms with Crippen LogP contribution < -0.4 is 0 Å². The van der Waals surface area contributed by atoms with Crippen LogP contribution in [0.15, 0.2) is 12.4 Å². The van der Waals surface area contributed by atoms with Crippen molar-refractivity contribution in [3.05, 3.63) is 18.0 Å². The predicted molar refractivity (Wildman–Crippen MR) is 61.7 cm³/mol. The number of carboxylic acids is 1. The molecule has 1 saturated heterocycles. The van der Waals surface area contributed by atoms with Gasteiger partial charge in [-0.15, -0.1) is 0 Å². The Kier molecular flexibility index (Phi) is 2.43. The van der Waals surface area contributed by atoms with Crippen molar-refractivity contribution in [2.45, 2.75) is 24.8 Å². The Balaban J connectivity index is 1.83. The van der Waals surface area contributed by atoms with Crippen molar-refractivity contribution < 1.29 is 9.90 Å². The van der Waals surface area contributed by atoms with E-state index in [-0.39, 0.29) is 11.8 Å². The molecule has 0 amide bonds. The van der Waals surface area contributed by atoms with Gasteiger partial charge in [-0.2, -0.15) is 5.10 Å². The summed E-state index contributed by atoms with van der Waals surface area (Å²) in [6, 6.07) is 0.638. The lowest BCUT2D eigenvalue weighted by Crippen LogP contribution is -2.25. The fraction of sp³-hybridized carbons (Fsp3) is 0.667. The highest BCUT2D eigenvalue weighted by molar-refractivity contribution is 5.72. The van der Waals surface area contributed by atoms with Crippen molar-refractivity contribution in [3.63, 3.8) is 0 Å². The molecule has 2 heterocycles. The number of carbonyl (C=O) groups is 1. The molecule has 0 radical (unpaired) electrons. The third-order valence-electron chi connectivity index (χ3n) is 3.88. The first-order valence-corrected chi connectivity index (χ1v) is 6.10. The predicted octanol–water partition coefficient (Wildman–Crippen LogP) is 0.682. The second-order valence-corrected chi connectivity index (χ2v) is 5.18. The summed E-state index contributed by atoms with van der Waals surface area (Å²) in [5.41, 5.74) is 1.06. The highest BCUT2D eigenvalue weighted by Gasteiger charge is 2.43. The normalized spacial score (nSPS) is 29.7. The quantitative estimate of drug-likeness (QED) is 0.837. The van der Waals surface area contributed by atoms with E-state index in [2.05, 4.69) is 10.00 Å². The van der Waals surface area contributed by atoms with Crippen LogP contribution in [0.25, 0.3) is 0 Å². The van der Waals surface area contributed by atoms with Crippen LogP contribution in [0.2, 0.25) is 0 Å². The molecule has 5 heteroatoms. The van der Waals surface area contributed by atoms with Crippen molar-refractivity contribution in [2.75, 3.05) is 13.1 Å². The number of hydrogen-bond donors (Lipinski definition) is 1. The van der Waals surface area contributed by atoms with Crippen molar-refractivity contribution in [1.29, 1.82) is 0 Å². The van der Waals surface area contributed by atoms with Gasteiger partial charge in [0.2, 0.25) is 0 Å². The lowest BCUT2D eigenvalue weighted by atomic mass is 9.91. The van der Waals surface area contributed by atoms with E-state index in [4.69, 9.17) is 0 Å². The van der Waals surface area contributed by atoms with Crippen LogP contribution >= 0.6 is 0 Å². The SMILES string of the molecule is Cn1cc([C@@H]2CN(C3CC3)C[C@H]2C(=O)O)cn1. The maximum Gasteiger partial charge on any atom is 0.308 e. The van der Waals surface area contributed by atoms with Crippen LogP contribution in [0.4, 0.5) is 0 Å². The molecule has 0 aromatic carbocycles. The van der Waals surface area contributed by atoms with Gasteiger partial charge in [-0.3, -0.25) is 14.4 Å². The summed E-state index contributed by atoms with van der Waals surface area (Å²) in [6.45, 7) is 1.56. The van der Waals surface area contributed by atoms with E-state index in [0.29, 0.717) is 12.6 Å². The lowest BCUT2D eigenvalue weighted by Gasteiger charge is -2.13. The molecule has 3 rings (SSSR count). The van der Waals surface area contributed by atoms with Crippen LogP contribution in [0.3, 0.4) is 0 Å². The summed E-state index contributed by atoms with van der Waals surface area (Å²) in [6.07, 6.45) is 6.20. The Bertz CT molecular complexity index is 439. The summed E-state index contributed by atoms with van der Waals surface area (Å²) < 4.78 is 1.74. The first-order chi connectivity index (χ1) is 8.15. The summed E-state index contributed by atoms with van der Waals surface area (Å²) in [5.74, 6) is -0.858. The van der Waals surface area contributed by atoms with Crippen molar-refractivity contribution in [3.8, 4) is 0 Å². The van der Waals surface area contributed by atoms with Crippen LogP contribution in [0.1, 0.15) is 24.3 Å². The number of aliphatic carboxylic acids is 1. The molecular formula is C12H17N3O2. The third kappa shape index (κ3) is 1.95. The van der Waals surface area contributed by atoms with Gasteiger partial charge in [-0.1, -0.05) is 0 Å². The second kappa shape index (κ2) is 3.84. The molecule has 2 aliphatic rings. The Labute approximate surface area is 100 Å². The van der Waals surface area contributed by atoms with Gasteiger partial charge in [0.05, 0.1) is 12.1 Å². The molecule has 1 aromatic rings. The molecule has 1 aliphatic heterocycles. The summed E-state index contributed by atoms with van der Waals surface area (Å²) in [5, 5.41) is 13.5. The van der Waals surface area contributed by atoms with Gasteiger partial charge in [0.25, 0.3) is 0 Å². The Morgan fingerprint density at radius 3 is 2.76 bits per heavy atom. The Morgan fingerprint density at radius 1 is 1.47 bits per heavy atom. The zero-order valence-corrected chi connectivity index (χ0v) is 9.91. The van der Waals surface area contributed by atoms with Crippen LogP contribution in [0, 0.1) is 5.92 Å². The van der Waals surface area contributed by atoms with Crippen LogP contribution in [-0.2, 0) is 11.8 Å². The molecule has 2 atom stereocenters. The summed E-state index contributed by atoms with van der Waals surface area (Å²) >= 11 is 0. The molecule has 1 N–H and O–H groups in total. The van der Waals surface area contributed by atoms with E-state index in [1.807, 2.05) is 13.2 Å². The average molecular weight is 235 g/mol. The van der Waals surface area contributed by atoms with Crippen molar-refractivity contribution in [2.24, 2.45) is 13.0 Å². The van der Waals surface area contributed by atoms with E-state index >= 15 is 0 Å². The number of nitrogens with zero attached hydrogens (tertiary/aromatic N) is 3. The molecule has 0 bridgehead atoms. The number of aryl methyl sites for hydroxylation is 1. The van der Waals surface area contributed by atoms with E-state index in [9.17, 15) is 9.90 Å². The summed E-state index contributed by atoms with van der Waals surface area (Å²) in [4.78, 5) is 13.7. The molecule has 5 nitrogen and oxygen atoms in total. The number of likely N-dealkylation sites (tertiary alicyclic amines) is 1. The van der Waals surface area contributed by atoms with Gasteiger partial charge in [0, 0.05) is 38.3 Å². The third-order valence-corrected chi connectivity index (χ3v) is 3.88. The zero-order chi connectivity index (χ0) is 12.0. The first-order valence-electron chi connectivity index (χ1n) is 6.10. The Hall–Kier alpha value is -1.36. The van der Waals surface area contributed by atoms with E-state index in [0.717, 1.165) is 12.1 Å². The molecule has 0 spiro atoms. The van der Waals surface area contributed by atoms with Crippen molar-refractivity contribution in [1.82, 2.24) is 14.7 Å². The highest BCUT2D eigenvalue weighted by Crippen LogP contribution is 2.38. The minimum absolute atomic E-state index is 0.0989. The number of hydrogen-bond acceptors (Lipinski definition) is 3. The first kappa shape index (κ1) is 10.8. The summed E-state index contributed by atoms with van der Waals surface area (Å²) in [7, 11) is 1.87. The topological polar surface area (TPSA) is 58.4 Å². The van der Waals surface area contributed by atoms with Gasteiger partial charge < -0.3 is 5.11 Å². The number of rotatable bonds is 3. The molecule has 1 aliphatic carbocycles. The molecule has 2 fully saturated rings. The molecule has 1 aromatic heterocycles. The minimum Gasteiger partial charge on any atom is -0.481 e. The molecule has 92 valence electrons.